The van der Waals surface area contributed by atoms with E-state index in [0.717, 1.165) is 5.57 Å². The third-order valence-electron chi connectivity index (χ3n) is 2.26. The lowest BCUT2D eigenvalue weighted by Crippen LogP contribution is -2.19. The summed E-state index contributed by atoms with van der Waals surface area (Å²) in [7, 11) is 1.37. The van der Waals surface area contributed by atoms with E-state index >= 15 is 0 Å². The van der Waals surface area contributed by atoms with Crippen molar-refractivity contribution in [3.63, 3.8) is 0 Å². The molecule has 0 aliphatic heterocycles. The lowest BCUT2D eigenvalue weighted by Gasteiger charge is -2.05. The van der Waals surface area contributed by atoms with Crippen molar-refractivity contribution in [3.8, 4) is 6.07 Å². The summed E-state index contributed by atoms with van der Waals surface area (Å²) in [6.07, 6.45) is 2.18. The molecule has 0 heterocycles. The van der Waals surface area contributed by atoms with Crippen molar-refractivity contribution < 1.29 is 9.53 Å². The van der Waals surface area contributed by atoms with Crippen molar-refractivity contribution in [3.05, 3.63) is 11.6 Å². The van der Waals surface area contributed by atoms with Crippen LogP contribution in [0.4, 0.5) is 0 Å². The van der Waals surface area contributed by atoms with Crippen molar-refractivity contribution in [1.82, 2.24) is 0 Å². The number of allylic oxidation sites excluding steroid dienone is 2. The van der Waals surface area contributed by atoms with Gasteiger partial charge >= 0.3 is 5.97 Å². The predicted octanol–water partition coefficient (Wildman–Crippen LogP) is 1.78. The lowest BCUT2D eigenvalue weighted by molar-refractivity contribution is -0.140. The fourth-order valence-corrected chi connectivity index (χ4v) is 2.20. The average Bonchev–Trinajstić information content (AvgIpc) is 2.79. The molecule has 0 spiro atoms. The van der Waals surface area contributed by atoms with Gasteiger partial charge in [0, 0.05) is 12.0 Å². The highest BCUT2D eigenvalue weighted by molar-refractivity contribution is 9.10. The second kappa shape index (κ2) is 3.51. The molecule has 70 valence electrons. The summed E-state index contributed by atoms with van der Waals surface area (Å²) in [6.45, 7) is 1.85. The van der Waals surface area contributed by atoms with Gasteiger partial charge < -0.3 is 4.74 Å². The van der Waals surface area contributed by atoms with Crippen LogP contribution in [0, 0.1) is 17.2 Å². The van der Waals surface area contributed by atoms with Crippen LogP contribution in [0.15, 0.2) is 11.6 Å². The number of esters is 1. The third-order valence-corrected chi connectivity index (χ3v) is 3.46. The number of hydrogen-bond acceptors (Lipinski definition) is 3. The van der Waals surface area contributed by atoms with E-state index in [2.05, 4.69) is 20.7 Å². The molecule has 0 bridgehead atoms. The molecule has 0 radical (unpaired) electrons. The maximum atomic E-state index is 11.2. The Morgan fingerprint density at radius 3 is 2.92 bits per heavy atom. The minimum atomic E-state index is -0.570. The first-order valence-electron chi connectivity index (χ1n) is 3.90. The molecular formula is C9H10BrNO2. The van der Waals surface area contributed by atoms with Crippen molar-refractivity contribution in [2.75, 3.05) is 7.11 Å². The quantitative estimate of drug-likeness (QED) is 0.422. The van der Waals surface area contributed by atoms with Gasteiger partial charge in [0.05, 0.1) is 13.2 Å². The lowest BCUT2D eigenvalue weighted by atomic mass is 10.1. The first-order chi connectivity index (χ1) is 6.06. The van der Waals surface area contributed by atoms with E-state index in [1.807, 2.05) is 13.0 Å². The van der Waals surface area contributed by atoms with Crippen LogP contribution in [0.3, 0.4) is 0 Å². The molecule has 0 aromatic rings. The number of methoxy groups -OCH3 is 1. The van der Waals surface area contributed by atoms with Crippen LogP contribution in [0.5, 0.6) is 0 Å². The Labute approximate surface area is 85.5 Å². The van der Waals surface area contributed by atoms with Crippen LogP contribution in [-0.2, 0) is 9.53 Å². The number of halogens is 1. The van der Waals surface area contributed by atoms with E-state index in [1.165, 1.54) is 13.2 Å². The molecule has 0 aromatic carbocycles. The molecule has 3 nitrogen and oxygen atoms in total. The number of rotatable bonds is 2. The summed E-state index contributed by atoms with van der Waals surface area (Å²) >= 11 is 3.33. The van der Waals surface area contributed by atoms with E-state index in [1.54, 1.807) is 0 Å². The van der Waals surface area contributed by atoms with Gasteiger partial charge in [-0.3, -0.25) is 4.79 Å². The number of carbonyl (C=O) groups excluding carboxylic acids is 1. The Kier molecular flexibility index (Phi) is 2.77. The van der Waals surface area contributed by atoms with E-state index < -0.39 is 4.32 Å². The molecule has 0 amide bonds. The zero-order valence-electron chi connectivity index (χ0n) is 7.50. The largest absolute Gasteiger partial charge is 0.468 e. The summed E-state index contributed by atoms with van der Waals surface area (Å²) in [5.41, 5.74) is 0.921. The summed E-state index contributed by atoms with van der Waals surface area (Å²) in [5.74, 6) is -0.150. The van der Waals surface area contributed by atoms with Crippen molar-refractivity contribution in [2.45, 2.75) is 17.7 Å². The van der Waals surface area contributed by atoms with Gasteiger partial charge in [0.25, 0.3) is 0 Å². The van der Waals surface area contributed by atoms with Gasteiger partial charge in [-0.2, -0.15) is 5.26 Å². The van der Waals surface area contributed by atoms with E-state index in [-0.39, 0.29) is 11.9 Å². The number of nitriles is 1. The van der Waals surface area contributed by atoms with Crippen molar-refractivity contribution >= 4 is 21.9 Å². The Balaban J connectivity index is 2.69. The summed E-state index contributed by atoms with van der Waals surface area (Å²) in [4.78, 5) is 11.2. The molecule has 4 heteroatoms. The Bertz CT molecular complexity index is 305. The van der Waals surface area contributed by atoms with Crippen LogP contribution in [-0.4, -0.2) is 17.4 Å². The highest BCUT2D eigenvalue weighted by Gasteiger charge is 2.60. The first kappa shape index (κ1) is 10.3. The average molecular weight is 244 g/mol. The fraction of sp³-hybridized carbons (Fsp3) is 0.556. The maximum absolute atomic E-state index is 11.2. The molecule has 2 atom stereocenters. The van der Waals surface area contributed by atoms with E-state index in [0.29, 0.717) is 6.42 Å². The first-order valence-corrected chi connectivity index (χ1v) is 4.69. The van der Waals surface area contributed by atoms with Crippen LogP contribution in [0.2, 0.25) is 0 Å². The van der Waals surface area contributed by atoms with Crippen molar-refractivity contribution in [1.29, 1.82) is 5.26 Å². The van der Waals surface area contributed by atoms with E-state index in [9.17, 15) is 4.79 Å². The van der Waals surface area contributed by atoms with Crippen LogP contribution >= 0.6 is 15.9 Å². The predicted molar refractivity (Wildman–Crippen MR) is 51.2 cm³/mol. The number of carbonyl (C=O) groups is 1. The van der Waals surface area contributed by atoms with Crippen LogP contribution in [0.25, 0.3) is 0 Å². The third kappa shape index (κ3) is 1.75. The molecular weight excluding hydrogens is 234 g/mol. The number of nitrogens with zero attached hydrogens (tertiary/aromatic N) is 1. The van der Waals surface area contributed by atoms with Gasteiger partial charge in [0.15, 0.2) is 0 Å². The Hall–Kier alpha value is -0.820. The molecule has 0 N–H and O–H groups in total. The van der Waals surface area contributed by atoms with Gasteiger partial charge in [-0.1, -0.05) is 21.5 Å². The summed E-state index contributed by atoms with van der Waals surface area (Å²) < 4.78 is 4.07. The molecule has 0 unspecified atom stereocenters. The Morgan fingerprint density at radius 2 is 2.46 bits per heavy atom. The van der Waals surface area contributed by atoms with Crippen LogP contribution in [0.1, 0.15) is 13.3 Å². The SMILES string of the molecule is COC(=O)[C@]1(Br)C[C@H]1/C(C)=C/C#N. The molecule has 1 saturated carbocycles. The summed E-state index contributed by atoms with van der Waals surface area (Å²) in [6, 6.07) is 1.95. The molecule has 0 aromatic heterocycles. The molecule has 1 fully saturated rings. The topological polar surface area (TPSA) is 50.1 Å². The highest BCUT2D eigenvalue weighted by Crippen LogP contribution is 2.55. The number of ether oxygens (including phenoxy) is 1. The number of alkyl halides is 1. The van der Waals surface area contributed by atoms with Gasteiger partial charge in [-0.05, 0) is 13.3 Å². The highest BCUT2D eigenvalue weighted by atomic mass is 79.9. The minimum Gasteiger partial charge on any atom is -0.468 e. The normalized spacial score (nSPS) is 32.2. The fourth-order valence-electron chi connectivity index (χ4n) is 1.36. The molecule has 1 aliphatic rings. The van der Waals surface area contributed by atoms with Gasteiger partial charge in [-0.25, -0.2) is 0 Å². The minimum absolute atomic E-state index is 0.111. The Morgan fingerprint density at radius 1 is 1.85 bits per heavy atom. The second-order valence-electron chi connectivity index (χ2n) is 3.13. The zero-order chi connectivity index (χ0) is 10.1. The van der Waals surface area contributed by atoms with E-state index in [4.69, 9.17) is 5.26 Å². The van der Waals surface area contributed by atoms with Gasteiger partial charge in [0.1, 0.15) is 4.32 Å². The van der Waals surface area contributed by atoms with Crippen LogP contribution < -0.4 is 0 Å². The smallest absolute Gasteiger partial charge is 0.323 e. The summed E-state index contributed by atoms with van der Waals surface area (Å²) in [5, 5.41) is 8.42. The van der Waals surface area contributed by atoms with Gasteiger partial charge in [0.2, 0.25) is 0 Å². The number of hydrogen-bond donors (Lipinski definition) is 0. The standard InChI is InChI=1S/C9H10BrNO2/c1-6(3-4-11)7-5-9(7,10)8(12)13-2/h3,7H,5H2,1-2H3/b6-3+/t7-,9-/m0/s1. The van der Waals surface area contributed by atoms with Gasteiger partial charge in [-0.15, -0.1) is 0 Å². The molecule has 1 rings (SSSR count). The molecule has 1 aliphatic carbocycles. The molecule has 13 heavy (non-hydrogen) atoms. The van der Waals surface area contributed by atoms with Crippen molar-refractivity contribution in [2.24, 2.45) is 5.92 Å². The maximum Gasteiger partial charge on any atom is 0.323 e. The molecule has 0 saturated heterocycles. The second-order valence-corrected chi connectivity index (χ2v) is 4.54. The zero-order valence-corrected chi connectivity index (χ0v) is 9.09. The monoisotopic (exact) mass is 243 g/mol.